The molecule has 4 aliphatic rings. The van der Waals surface area contributed by atoms with E-state index in [1.165, 1.54) is 77.0 Å². The number of thioether (sulfide) groups is 1. The van der Waals surface area contributed by atoms with Crippen LogP contribution in [0.4, 0.5) is 14.9 Å². The van der Waals surface area contributed by atoms with Gasteiger partial charge in [0.1, 0.15) is 31.1 Å². The van der Waals surface area contributed by atoms with Gasteiger partial charge in [0.05, 0.1) is 53.4 Å². The molecular formula is C63H79FN10O14S. The van der Waals surface area contributed by atoms with Crippen LogP contribution in [0.5, 0.6) is 0 Å². The van der Waals surface area contributed by atoms with Crippen molar-refractivity contribution in [2.24, 2.45) is 5.92 Å². The van der Waals surface area contributed by atoms with Crippen LogP contribution in [-0.4, -0.2) is 157 Å². The summed E-state index contributed by atoms with van der Waals surface area (Å²) in [5.74, 6) is -5.22. The molecule has 8 rings (SSSR count). The van der Waals surface area contributed by atoms with Gasteiger partial charge in [0.2, 0.25) is 47.3 Å². The molecule has 478 valence electrons. The second-order valence-corrected chi connectivity index (χ2v) is 25.8. The number of rotatable bonds is 24. The van der Waals surface area contributed by atoms with E-state index in [0.717, 1.165) is 0 Å². The first kappa shape index (κ1) is 66.7. The number of benzene rings is 2. The van der Waals surface area contributed by atoms with Crippen LogP contribution in [0.1, 0.15) is 144 Å². The van der Waals surface area contributed by atoms with Gasteiger partial charge in [-0.3, -0.25) is 48.1 Å². The Morgan fingerprint density at radius 1 is 0.910 bits per heavy atom. The van der Waals surface area contributed by atoms with Gasteiger partial charge in [-0.15, -0.1) is 11.8 Å². The summed E-state index contributed by atoms with van der Waals surface area (Å²) in [5, 5.41) is 23.2. The van der Waals surface area contributed by atoms with Gasteiger partial charge >= 0.3 is 12.1 Å². The lowest BCUT2D eigenvalue weighted by atomic mass is 9.81. The van der Waals surface area contributed by atoms with Crippen molar-refractivity contribution in [1.82, 2.24) is 45.1 Å². The molecule has 5 N–H and O–H groups in total. The number of hydrogen-bond donors (Lipinski definition) is 5. The third-order valence-electron chi connectivity index (χ3n) is 17.0. The molecular weight excluding hydrogens is 1170 g/mol. The molecule has 26 heteroatoms. The van der Waals surface area contributed by atoms with Gasteiger partial charge in [0, 0.05) is 87.8 Å². The number of fused-ring (bicyclic) bond motifs is 5. The number of aromatic nitrogens is 2. The van der Waals surface area contributed by atoms with Crippen molar-refractivity contribution >= 4 is 87.7 Å². The zero-order valence-corrected chi connectivity index (χ0v) is 53.0. The first-order chi connectivity index (χ1) is 42.0. The van der Waals surface area contributed by atoms with Crippen molar-refractivity contribution in [2.45, 2.75) is 167 Å². The largest absolute Gasteiger partial charge is 0.458 e. The number of alkyl carbamates (subject to hydrolysis) is 1. The molecule has 24 nitrogen and oxygen atoms in total. The van der Waals surface area contributed by atoms with E-state index in [1.807, 2.05) is 13.8 Å². The molecule has 0 radical (unpaired) electrons. The van der Waals surface area contributed by atoms with Crippen LogP contribution in [-0.2, 0) is 90.9 Å². The maximum absolute atomic E-state index is 15.7. The summed E-state index contributed by atoms with van der Waals surface area (Å²) in [4.78, 5) is 156. The van der Waals surface area contributed by atoms with E-state index in [4.69, 9.17) is 14.5 Å². The molecule has 2 aromatic carbocycles. The normalized spacial score (nSPS) is 18.0. The third kappa shape index (κ3) is 14.3. The van der Waals surface area contributed by atoms with E-state index in [2.05, 4.69) is 21.3 Å². The zero-order valence-electron chi connectivity index (χ0n) is 52.2. The minimum absolute atomic E-state index is 0.0145. The Hall–Kier alpha value is -8.26. The minimum atomic E-state index is -2.10. The van der Waals surface area contributed by atoms with Crippen molar-refractivity contribution in [3.63, 3.8) is 0 Å². The van der Waals surface area contributed by atoms with Crippen LogP contribution in [0.25, 0.3) is 22.3 Å². The molecule has 0 bridgehead atoms. The molecule has 2 aromatic heterocycles. The Kier molecular flexibility index (Phi) is 20.7. The molecule has 0 spiro atoms. The summed E-state index contributed by atoms with van der Waals surface area (Å²) < 4.78 is 28.4. The van der Waals surface area contributed by atoms with E-state index in [9.17, 15) is 57.8 Å². The minimum Gasteiger partial charge on any atom is -0.458 e. The van der Waals surface area contributed by atoms with E-state index >= 15 is 4.39 Å². The highest BCUT2D eigenvalue weighted by Gasteiger charge is 2.46. The van der Waals surface area contributed by atoms with Crippen molar-refractivity contribution in [1.29, 1.82) is 0 Å². The number of likely N-dealkylation sites (N-methyl/N-ethyl adjacent to an activating group) is 3. The number of halogens is 1. The predicted molar refractivity (Wildman–Crippen MR) is 327 cm³/mol. The molecule has 3 aliphatic heterocycles. The van der Waals surface area contributed by atoms with E-state index in [1.54, 1.807) is 52.0 Å². The van der Waals surface area contributed by atoms with Crippen molar-refractivity contribution in [3.05, 3.63) is 91.0 Å². The standard InChI is InChI=1S/C63H79FN10O14S/c1-12-63(86)42-23-47-56-39(27-74(47)59(82)41(42)31-87-61(63)84)54-45(21-20-38-34(6)43(64)24-46(66-56)53(38)54)68-62(85)88-30-40-37(26-71(10)52(79)29-72(11)51(78)28-70(9)36(8)75)17-16-18-44(40)67-57(80)35(7)65-58(81)55(32(2)3)69-49(76)19-14-13-15-22-73-50(77)25-48(60(73)83)89-33(4)5/h16-18,23-24,32-33,35,45,48,55,86H,12-15,19-22,25-31H2,1-11H3,(H,65,81)(H,67,80)(H,68,85)(H,69,76)/t35-,45-,48?,55-,63-/m0/s1. The number of imide groups is 1. The van der Waals surface area contributed by atoms with Crippen LogP contribution in [0.3, 0.4) is 0 Å². The number of likely N-dealkylation sites (tertiary alicyclic amines) is 1. The number of amides is 9. The van der Waals surface area contributed by atoms with Crippen LogP contribution in [0.2, 0.25) is 0 Å². The quantitative estimate of drug-likeness (QED) is 0.0316. The lowest BCUT2D eigenvalue weighted by molar-refractivity contribution is -0.172. The number of nitrogens with zero attached hydrogens (tertiary/aromatic N) is 6. The molecule has 5 heterocycles. The second kappa shape index (κ2) is 27.6. The van der Waals surface area contributed by atoms with Gasteiger partial charge in [-0.05, 0) is 91.5 Å². The Labute approximate surface area is 519 Å². The summed E-state index contributed by atoms with van der Waals surface area (Å²) in [6.07, 6.45) is 1.35. The van der Waals surface area contributed by atoms with Gasteiger partial charge in [0.15, 0.2) is 5.60 Å². The van der Waals surface area contributed by atoms with Crippen LogP contribution in [0.15, 0.2) is 35.1 Å². The number of ether oxygens (including phenoxy) is 2. The summed E-state index contributed by atoms with van der Waals surface area (Å²) in [6, 6.07) is 4.64. The monoisotopic (exact) mass is 1250 g/mol. The SMILES string of the molecule is CC[C@@]1(O)C(=O)OCc2c1cc1n(c2=O)Cc2c-1nc1cc(F)c(C)c3c1c2[C@@H](NC(=O)OCc1c(CN(C)C(=O)CN(C)C(=O)CN(C)C(C)=O)cccc1NC(=O)[C@H](C)NC(=O)[C@@H](NC(=O)CCCCCN1C(=O)CC(SC(C)C)C1=O)C(C)C)CC3. The summed E-state index contributed by atoms with van der Waals surface area (Å²) >= 11 is 1.47. The highest BCUT2D eigenvalue weighted by molar-refractivity contribution is 8.01. The van der Waals surface area contributed by atoms with E-state index < -0.39 is 89.2 Å². The molecule has 9 amide bonds. The first-order valence-electron chi connectivity index (χ1n) is 30.0. The molecule has 4 aromatic rings. The molecule has 89 heavy (non-hydrogen) atoms. The Bertz CT molecular complexity index is 3610. The zero-order chi connectivity index (χ0) is 65.1. The lowest BCUT2D eigenvalue weighted by Gasteiger charge is -2.31. The highest BCUT2D eigenvalue weighted by atomic mass is 32.2. The number of aryl methyl sites for hydroxylation is 1. The number of hydrogen-bond acceptors (Lipinski definition) is 16. The number of unbranched alkanes of at least 4 members (excludes halogenated alkanes) is 2. The number of anilines is 1. The second-order valence-electron chi connectivity index (χ2n) is 24.0. The number of carbonyl (C=O) groups excluding carboxylic acids is 10. The average Bonchev–Trinajstić information content (AvgIpc) is 1.63. The molecule has 1 saturated heterocycles. The number of nitrogens with one attached hydrogen (secondary N) is 4. The van der Waals surface area contributed by atoms with Crippen molar-refractivity contribution < 1.29 is 66.9 Å². The number of esters is 1. The smallest absolute Gasteiger partial charge is 0.407 e. The fourth-order valence-electron chi connectivity index (χ4n) is 11.7. The van der Waals surface area contributed by atoms with E-state index in [0.29, 0.717) is 64.6 Å². The maximum Gasteiger partial charge on any atom is 0.407 e. The number of cyclic esters (lactones) is 1. The average molecular weight is 1250 g/mol. The Morgan fingerprint density at radius 3 is 2.30 bits per heavy atom. The number of carbonyl (C=O) groups is 10. The van der Waals surface area contributed by atoms with Gasteiger partial charge in [-0.25, -0.2) is 19.0 Å². The number of pyridine rings is 2. The number of aliphatic hydroxyl groups is 1. The van der Waals surface area contributed by atoms with Gasteiger partial charge in [0.25, 0.3) is 5.56 Å². The highest BCUT2D eigenvalue weighted by Crippen LogP contribution is 2.46. The van der Waals surface area contributed by atoms with Crippen LogP contribution in [0, 0.1) is 18.7 Å². The molecule has 1 aliphatic carbocycles. The fourth-order valence-corrected chi connectivity index (χ4v) is 12.9. The van der Waals surface area contributed by atoms with Crippen molar-refractivity contribution in [2.75, 3.05) is 46.1 Å². The Balaban J connectivity index is 0.991. The molecule has 0 saturated carbocycles. The van der Waals surface area contributed by atoms with Gasteiger partial charge in [-0.2, -0.15) is 0 Å². The van der Waals surface area contributed by atoms with E-state index in [-0.39, 0.29) is 127 Å². The fraction of sp³-hybridized carbons (Fsp3) is 0.524. The van der Waals surface area contributed by atoms with Crippen LogP contribution >= 0.6 is 11.8 Å². The Morgan fingerprint density at radius 2 is 1.62 bits per heavy atom. The van der Waals surface area contributed by atoms with Crippen LogP contribution < -0.4 is 26.8 Å². The summed E-state index contributed by atoms with van der Waals surface area (Å²) in [5.41, 5.74) is 1.44. The lowest BCUT2D eigenvalue weighted by Crippen LogP contribution is -2.53. The predicted octanol–water partition coefficient (Wildman–Crippen LogP) is 4.75. The van der Waals surface area contributed by atoms with Crippen molar-refractivity contribution in [3.8, 4) is 11.4 Å². The first-order valence-corrected chi connectivity index (χ1v) is 30.9. The molecule has 1 fully saturated rings. The van der Waals surface area contributed by atoms with Gasteiger partial charge in [-0.1, -0.05) is 53.2 Å². The summed E-state index contributed by atoms with van der Waals surface area (Å²) in [6.45, 7) is 12.1. The molecule has 1 unspecified atom stereocenters. The molecule has 5 atom stereocenters. The maximum atomic E-state index is 15.7. The topological polar surface area (TPSA) is 305 Å². The third-order valence-corrected chi connectivity index (χ3v) is 18.3. The summed E-state index contributed by atoms with van der Waals surface area (Å²) in [7, 11) is 4.38. The van der Waals surface area contributed by atoms with Gasteiger partial charge < -0.3 is 55.1 Å².